The monoisotopic (exact) mass is 471 g/mol. The molecular weight excluding hydrogens is 439 g/mol. The fourth-order valence-corrected chi connectivity index (χ4v) is 3.09. The van der Waals surface area contributed by atoms with E-state index in [0.29, 0.717) is 19.5 Å². The summed E-state index contributed by atoms with van der Waals surface area (Å²) in [5.41, 5.74) is 8.23. The van der Waals surface area contributed by atoms with Crippen LogP contribution >= 0.6 is 0 Å². The highest BCUT2D eigenvalue weighted by Crippen LogP contribution is 2.24. The number of carboxylic acid groups (broad SMARTS) is 1. The molecule has 0 fully saturated rings. The standard InChI is InChI=1S/C21H31N3O2.C2HF3O2/c1-5-18(22)20(26)23-17(12-21(2,3)4)10-11-19(25)24-13-15-8-6-7-9-16(15)14-24;3-2(4,5)1(6)7/h6-11,17-18H,5,12-14,22H2,1-4H3,(H,23,26);(H,6,7)/b11-10+;/t17-,18+;/m1./s1. The molecule has 0 saturated carbocycles. The molecule has 0 aliphatic carbocycles. The van der Waals surface area contributed by atoms with Crippen molar-refractivity contribution in [3.8, 4) is 0 Å². The Morgan fingerprint density at radius 2 is 1.64 bits per heavy atom. The van der Waals surface area contributed by atoms with E-state index in [4.69, 9.17) is 15.6 Å². The van der Waals surface area contributed by atoms with Crippen molar-refractivity contribution < 1.29 is 32.7 Å². The van der Waals surface area contributed by atoms with Crippen molar-refractivity contribution in [1.29, 1.82) is 0 Å². The minimum absolute atomic E-state index is 0.0194. The average Bonchev–Trinajstić information content (AvgIpc) is 3.14. The number of nitrogens with two attached hydrogens (primary N) is 1. The first kappa shape index (κ1) is 28.2. The number of rotatable bonds is 6. The van der Waals surface area contributed by atoms with E-state index in [1.54, 1.807) is 12.2 Å². The van der Waals surface area contributed by atoms with Crippen LogP contribution < -0.4 is 11.1 Å². The van der Waals surface area contributed by atoms with Gasteiger partial charge in [0.2, 0.25) is 11.8 Å². The highest BCUT2D eigenvalue weighted by molar-refractivity contribution is 5.88. The Balaban J connectivity index is 0.000000675. The summed E-state index contributed by atoms with van der Waals surface area (Å²) in [7, 11) is 0. The number of halogens is 3. The Hall–Kier alpha value is -2.88. The molecule has 10 heteroatoms. The molecule has 0 unspecified atom stereocenters. The summed E-state index contributed by atoms with van der Waals surface area (Å²) >= 11 is 0. The number of carbonyl (C=O) groups excluding carboxylic acids is 2. The third kappa shape index (κ3) is 10.1. The fraction of sp³-hybridized carbons (Fsp3) is 0.522. The molecule has 0 saturated heterocycles. The second-order valence-corrected chi connectivity index (χ2v) is 9.02. The zero-order valence-electron chi connectivity index (χ0n) is 19.3. The molecule has 7 nitrogen and oxygen atoms in total. The highest BCUT2D eigenvalue weighted by Gasteiger charge is 2.38. The topological polar surface area (TPSA) is 113 Å². The lowest BCUT2D eigenvalue weighted by Crippen LogP contribution is -2.45. The van der Waals surface area contributed by atoms with E-state index in [2.05, 4.69) is 38.2 Å². The van der Waals surface area contributed by atoms with Crippen molar-refractivity contribution >= 4 is 17.8 Å². The lowest BCUT2D eigenvalue weighted by atomic mass is 9.87. The van der Waals surface area contributed by atoms with Gasteiger partial charge in [-0.05, 0) is 29.4 Å². The minimum Gasteiger partial charge on any atom is -0.475 e. The van der Waals surface area contributed by atoms with Crippen molar-refractivity contribution in [2.75, 3.05) is 0 Å². The molecule has 4 N–H and O–H groups in total. The predicted molar refractivity (Wildman–Crippen MR) is 118 cm³/mol. The first-order valence-electron chi connectivity index (χ1n) is 10.5. The number of benzene rings is 1. The van der Waals surface area contributed by atoms with Gasteiger partial charge in [0.15, 0.2) is 0 Å². The maximum absolute atomic E-state index is 12.6. The molecular formula is C23H32F3N3O4. The van der Waals surface area contributed by atoms with E-state index in [1.807, 2.05) is 24.0 Å². The van der Waals surface area contributed by atoms with Gasteiger partial charge >= 0.3 is 12.1 Å². The lowest BCUT2D eigenvalue weighted by molar-refractivity contribution is -0.192. The van der Waals surface area contributed by atoms with Crippen LogP contribution in [-0.2, 0) is 27.5 Å². The van der Waals surface area contributed by atoms with Crippen molar-refractivity contribution in [2.24, 2.45) is 11.1 Å². The van der Waals surface area contributed by atoms with Gasteiger partial charge in [0.05, 0.1) is 6.04 Å². The molecule has 1 heterocycles. The third-order valence-corrected chi connectivity index (χ3v) is 4.80. The molecule has 0 aromatic heterocycles. The summed E-state index contributed by atoms with van der Waals surface area (Å²) in [5.74, 6) is -2.96. The number of carboxylic acids is 1. The van der Waals surface area contributed by atoms with E-state index < -0.39 is 18.2 Å². The molecule has 2 rings (SSSR count). The number of nitrogens with one attached hydrogen (secondary N) is 1. The summed E-state index contributed by atoms with van der Waals surface area (Å²) in [4.78, 5) is 35.4. The minimum atomic E-state index is -5.08. The number of hydrogen-bond donors (Lipinski definition) is 3. The maximum atomic E-state index is 12.6. The predicted octanol–water partition coefficient (Wildman–Crippen LogP) is 3.38. The average molecular weight is 472 g/mol. The van der Waals surface area contributed by atoms with Gasteiger partial charge in [-0.25, -0.2) is 4.79 Å². The zero-order valence-corrected chi connectivity index (χ0v) is 19.3. The quantitative estimate of drug-likeness (QED) is 0.551. The Bertz CT molecular complexity index is 838. The van der Waals surface area contributed by atoms with Gasteiger partial charge in [-0.1, -0.05) is 58.0 Å². The smallest absolute Gasteiger partial charge is 0.475 e. The van der Waals surface area contributed by atoms with Crippen LogP contribution in [-0.4, -0.2) is 46.1 Å². The van der Waals surface area contributed by atoms with Crippen LogP contribution in [0, 0.1) is 5.41 Å². The molecule has 1 aliphatic rings. The third-order valence-electron chi connectivity index (χ3n) is 4.80. The molecule has 2 atom stereocenters. The van der Waals surface area contributed by atoms with E-state index in [1.165, 1.54) is 11.1 Å². The number of fused-ring (bicyclic) bond motifs is 1. The fourth-order valence-electron chi connectivity index (χ4n) is 3.09. The van der Waals surface area contributed by atoms with Gasteiger partial charge in [-0.3, -0.25) is 9.59 Å². The van der Waals surface area contributed by atoms with Gasteiger partial charge in [0.1, 0.15) is 0 Å². The van der Waals surface area contributed by atoms with Crippen LogP contribution in [0.5, 0.6) is 0 Å². The molecule has 1 aromatic rings. The van der Waals surface area contributed by atoms with Gasteiger partial charge in [0.25, 0.3) is 0 Å². The molecule has 0 bridgehead atoms. The van der Waals surface area contributed by atoms with E-state index in [9.17, 15) is 22.8 Å². The second-order valence-electron chi connectivity index (χ2n) is 9.02. The van der Waals surface area contributed by atoms with Crippen molar-refractivity contribution in [2.45, 2.75) is 71.9 Å². The number of hydrogen-bond acceptors (Lipinski definition) is 4. The Morgan fingerprint density at radius 3 is 2.03 bits per heavy atom. The van der Waals surface area contributed by atoms with Crippen molar-refractivity contribution in [3.63, 3.8) is 0 Å². The van der Waals surface area contributed by atoms with E-state index in [0.717, 1.165) is 6.42 Å². The number of amides is 2. The number of nitrogens with zero attached hydrogens (tertiary/aromatic N) is 1. The summed E-state index contributed by atoms with van der Waals surface area (Å²) in [6.07, 6.45) is -0.376. The molecule has 1 aromatic carbocycles. The largest absolute Gasteiger partial charge is 0.490 e. The van der Waals surface area contributed by atoms with E-state index >= 15 is 0 Å². The summed E-state index contributed by atoms with van der Waals surface area (Å²) in [6.45, 7) is 9.48. The summed E-state index contributed by atoms with van der Waals surface area (Å²) < 4.78 is 31.7. The van der Waals surface area contributed by atoms with Gasteiger partial charge < -0.3 is 21.1 Å². The molecule has 1 aliphatic heterocycles. The molecule has 184 valence electrons. The second kappa shape index (κ2) is 11.8. The Morgan fingerprint density at radius 1 is 1.15 bits per heavy atom. The van der Waals surface area contributed by atoms with Gasteiger partial charge in [-0.2, -0.15) is 13.2 Å². The van der Waals surface area contributed by atoms with Gasteiger partial charge in [0, 0.05) is 25.2 Å². The van der Waals surface area contributed by atoms with Crippen LogP contribution in [0.4, 0.5) is 13.2 Å². The Labute approximate surface area is 191 Å². The Kier molecular flexibility index (Phi) is 10.1. The zero-order chi connectivity index (χ0) is 25.4. The van der Waals surface area contributed by atoms with Gasteiger partial charge in [-0.15, -0.1) is 0 Å². The first-order valence-corrected chi connectivity index (χ1v) is 10.5. The van der Waals surface area contributed by atoms with Crippen LogP contribution in [0.1, 0.15) is 51.7 Å². The van der Waals surface area contributed by atoms with Crippen LogP contribution in [0.15, 0.2) is 36.4 Å². The number of carbonyl (C=O) groups is 3. The van der Waals surface area contributed by atoms with Crippen molar-refractivity contribution in [3.05, 3.63) is 47.5 Å². The lowest BCUT2D eigenvalue weighted by Gasteiger charge is -2.26. The van der Waals surface area contributed by atoms with E-state index in [-0.39, 0.29) is 23.3 Å². The highest BCUT2D eigenvalue weighted by atomic mass is 19.4. The SMILES string of the molecule is CC[C@H](N)C(=O)N[C@H](/C=C/C(=O)N1Cc2ccccc2C1)CC(C)(C)C.O=C(O)C(F)(F)F. The first-order chi connectivity index (χ1) is 15.1. The number of aliphatic carboxylic acids is 1. The molecule has 0 spiro atoms. The summed E-state index contributed by atoms with van der Waals surface area (Å²) in [6, 6.07) is 7.37. The summed E-state index contributed by atoms with van der Waals surface area (Å²) in [5, 5.41) is 10.1. The molecule has 0 radical (unpaired) electrons. The molecule has 33 heavy (non-hydrogen) atoms. The normalized spacial score (nSPS) is 15.3. The van der Waals surface area contributed by atoms with Crippen molar-refractivity contribution in [1.82, 2.24) is 10.2 Å². The van der Waals surface area contributed by atoms with Crippen LogP contribution in [0.3, 0.4) is 0 Å². The van der Waals surface area contributed by atoms with Crippen LogP contribution in [0.25, 0.3) is 0 Å². The number of alkyl halides is 3. The maximum Gasteiger partial charge on any atom is 0.490 e. The molecule has 2 amide bonds. The van der Waals surface area contributed by atoms with Crippen LogP contribution in [0.2, 0.25) is 0 Å².